The van der Waals surface area contributed by atoms with Gasteiger partial charge in [-0.1, -0.05) is 24.3 Å². The van der Waals surface area contributed by atoms with E-state index in [0.717, 1.165) is 11.1 Å². The highest BCUT2D eigenvalue weighted by Crippen LogP contribution is 2.17. The van der Waals surface area contributed by atoms with Crippen molar-refractivity contribution in [3.05, 3.63) is 47.8 Å². The summed E-state index contributed by atoms with van der Waals surface area (Å²) in [5, 5.41) is 19.8. The van der Waals surface area contributed by atoms with Gasteiger partial charge in [-0.05, 0) is 38.8 Å². The molecule has 23 heavy (non-hydrogen) atoms. The van der Waals surface area contributed by atoms with E-state index in [9.17, 15) is 9.90 Å². The Morgan fingerprint density at radius 3 is 2.65 bits per heavy atom. The average Bonchev–Trinajstić information content (AvgIpc) is 2.94. The second-order valence-corrected chi connectivity index (χ2v) is 6.55. The number of nitrogens with one attached hydrogen (secondary N) is 2. The summed E-state index contributed by atoms with van der Waals surface area (Å²) in [6.07, 6.45) is 2.64. The Morgan fingerprint density at radius 1 is 1.35 bits per heavy atom. The molecular formula is C17H24N4O2. The average molecular weight is 316 g/mol. The van der Waals surface area contributed by atoms with E-state index in [1.165, 1.54) is 0 Å². The van der Waals surface area contributed by atoms with Crippen LogP contribution in [0.4, 0.5) is 10.5 Å². The number of hydrogen-bond acceptors (Lipinski definition) is 3. The quantitative estimate of drug-likeness (QED) is 0.811. The largest absolute Gasteiger partial charge is 0.387 e. The molecule has 2 rings (SSSR count). The van der Waals surface area contributed by atoms with Crippen LogP contribution in [0.25, 0.3) is 0 Å². The molecule has 0 aliphatic heterocycles. The van der Waals surface area contributed by atoms with Gasteiger partial charge < -0.3 is 15.7 Å². The molecule has 6 heteroatoms. The van der Waals surface area contributed by atoms with Gasteiger partial charge in [-0.2, -0.15) is 5.10 Å². The molecule has 0 aliphatic rings. The van der Waals surface area contributed by atoms with E-state index in [1.807, 2.05) is 52.0 Å². The van der Waals surface area contributed by atoms with Crippen molar-refractivity contribution < 1.29 is 9.90 Å². The number of aliphatic hydroxyl groups excluding tert-OH is 1. The van der Waals surface area contributed by atoms with Crippen LogP contribution in [0, 0.1) is 6.92 Å². The first-order valence-corrected chi connectivity index (χ1v) is 7.61. The van der Waals surface area contributed by atoms with Crippen molar-refractivity contribution in [2.45, 2.75) is 39.3 Å². The van der Waals surface area contributed by atoms with Crippen LogP contribution in [-0.4, -0.2) is 27.5 Å². The number of anilines is 1. The fraction of sp³-hybridized carbons (Fsp3) is 0.412. The molecular weight excluding hydrogens is 292 g/mol. The van der Waals surface area contributed by atoms with Crippen LogP contribution in [0.1, 0.15) is 38.0 Å². The van der Waals surface area contributed by atoms with E-state index in [0.29, 0.717) is 5.69 Å². The van der Waals surface area contributed by atoms with Gasteiger partial charge >= 0.3 is 6.03 Å². The molecule has 1 unspecified atom stereocenters. The SMILES string of the molecule is Cc1ccccc1C(O)CNC(=O)Nc1cnn(C(C)(C)C)c1. The molecule has 6 nitrogen and oxygen atoms in total. The van der Waals surface area contributed by atoms with E-state index in [-0.39, 0.29) is 18.1 Å². The Bertz CT molecular complexity index is 673. The van der Waals surface area contributed by atoms with Gasteiger partial charge in [0.15, 0.2) is 0 Å². The van der Waals surface area contributed by atoms with Gasteiger partial charge in [0, 0.05) is 12.7 Å². The Kier molecular flexibility index (Phi) is 5.05. The van der Waals surface area contributed by atoms with Crippen LogP contribution < -0.4 is 10.6 Å². The number of carbonyl (C=O) groups excluding carboxylic acids is 1. The van der Waals surface area contributed by atoms with Crippen molar-refractivity contribution in [2.24, 2.45) is 0 Å². The Morgan fingerprint density at radius 2 is 2.04 bits per heavy atom. The summed E-state index contributed by atoms with van der Waals surface area (Å²) in [5.41, 5.74) is 2.28. The first-order valence-electron chi connectivity index (χ1n) is 7.61. The number of benzene rings is 1. The monoisotopic (exact) mass is 316 g/mol. The zero-order valence-electron chi connectivity index (χ0n) is 14.0. The highest BCUT2D eigenvalue weighted by atomic mass is 16.3. The molecule has 0 saturated heterocycles. The van der Waals surface area contributed by atoms with Gasteiger partial charge in [0.1, 0.15) is 0 Å². The van der Waals surface area contributed by atoms with Crippen LogP contribution in [0.5, 0.6) is 0 Å². The zero-order valence-corrected chi connectivity index (χ0v) is 14.0. The van der Waals surface area contributed by atoms with Crippen LogP contribution >= 0.6 is 0 Å². The summed E-state index contributed by atoms with van der Waals surface area (Å²) in [4.78, 5) is 11.9. The molecule has 1 aromatic carbocycles. The van der Waals surface area contributed by atoms with E-state index < -0.39 is 6.10 Å². The molecule has 1 heterocycles. The first kappa shape index (κ1) is 17.0. The van der Waals surface area contributed by atoms with Crippen molar-refractivity contribution in [3.8, 4) is 0 Å². The Balaban J connectivity index is 1.88. The molecule has 0 spiro atoms. The molecule has 0 radical (unpaired) electrons. The lowest BCUT2D eigenvalue weighted by molar-refractivity contribution is 0.174. The summed E-state index contributed by atoms with van der Waals surface area (Å²) in [6, 6.07) is 7.20. The Hall–Kier alpha value is -2.34. The summed E-state index contributed by atoms with van der Waals surface area (Å²) < 4.78 is 1.78. The predicted octanol–water partition coefficient (Wildman–Crippen LogP) is 2.80. The topological polar surface area (TPSA) is 79.2 Å². The highest BCUT2D eigenvalue weighted by Gasteiger charge is 2.15. The van der Waals surface area contributed by atoms with Crippen LogP contribution in [0.2, 0.25) is 0 Å². The third-order valence-corrected chi connectivity index (χ3v) is 3.53. The van der Waals surface area contributed by atoms with Gasteiger partial charge in [-0.3, -0.25) is 4.68 Å². The minimum Gasteiger partial charge on any atom is -0.387 e. The number of hydrogen-bond donors (Lipinski definition) is 3. The minimum absolute atomic E-state index is 0.141. The lowest BCUT2D eigenvalue weighted by Crippen LogP contribution is -2.32. The number of aliphatic hydroxyl groups is 1. The van der Waals surface area contributed by atoms with Crippen molar-refractivity contribution >= 4 is 11.7 Å². The van der Waals surface area contributed by atoms with Gasteiger partial charge in [0.05, 0.1) is 23.5 Å². The number of aryl methyl sites for hydroxylation is 1. The van der Waals surface area contributed by atoms with E-state index >= 15 is 0 Å². The predicted molar refractivity (Wildman–Crippen MR) is 90.4 cm³/mol. The molecule has 0 saturated carbocycles. The molecule has 1 aromatic heterocycles. The van der Waals surface area contributed by atoms with E-state index in [1.54, 1.807) is 17.1 Å². The number of urea groups is 1. The third kappa shape index (κ3) is 4.56. The molecule has 2 amide bonds. The van der Waals surface area contributed by atoms with E-state index in [2.05, 4.69) is 15.7 Å². The van der Waals surface area contributed by atoms with Crippen molar-refractivity contribution in [1.29, 1.82) is 0 Å². The van der Waals surface area contributed by atoms with E-state index in [4.69, 9.17) is 0 Å². The molecule has 1 atom stereocenters. The van der Waals surface area contributed by atoms with Gasteiger partial charge in [0.2, 0.25) is 0 Å². The lowest BCUT2D eigenvalue weighted by atomic mass is 10.0. The maximum atomic E-state index is 11.9. The molecule has 0 bridgehead atoms. The van der Waals surface area contributed by atoms with Crippen molar-refractivity contribution in [1.82, 2.24) is 15.1 Å². The number of rotatable bonds is 4. The number of aromatic nitrogens is 2. The minimum atomic E-state index is -0.737. The molecule has 3 N–H and O–H groups in total. The van der Waals surface area contributed by atoms with Crippen LogP contribution in [0.15, 0.2) is 36.7 Å². The first-order chi connectivity index (χ1) is 10.8. The summed E-state index contributed by atoms with van der Waals surface area (Å²) in [5.74, 6) is 0. The normalized spacial score (nSPS) is 12.7. The van der Waals surface area contributed by atoms with Gasteiger partial charge in [-0.25, -0.2) is 4.79 Å². The second-order valence-electron chi connectivity index (χ2n) is 6.55. The molecule has 2 aromatic rings. The number of nitrogens with zero attached hydrogens (tertiary/aromatic N) is 2. The molecule has 0 aliphatic carbocycles. The summed E-state index contributed by atoms with van der Waals surface area (Å²) in [7, 11) is 0. The molecule has 0 fully saturated rings. The smallest absolute Gasteiger partial charge is 0.319 e. The van der Waals surface area contributed by atoms with Crippen LogP contribution in [-0.2, 0) is 5.54 Å². The highest BCUT2D eigenvalue weighted by molar-refractivity contribution is 5.88. The lowest BCUT2D eigenvalue weighted by Gasteiger charge is -2.18. The Labute approximate surface area is 136 Å². The fourth-order valence-electron chi connectivity index (χ4n) is 2.19. The second kappa shape index (κ2) is 6.83. The fourth-order valence-corrected chi connectivity index (χ4v) is 2.19. The summed E-state index contributed by atoms with van der Waals surface area (Å²) in [6.45, 7) is 8.16. The standard InChI is InChI=1S/C17H24N4O2/c1-12-7-5-6-8-14(12)15(22)10-18-16(23)20-13-9-19-21(11-13)17(2,3)4/h5-9,11,15,22H,10H2,1-4H3,(H2,18,20,23). The molecule has 124 valence electrons. The van der Waals surface area contributed by atoms with Crippen LogP contribution in [0.3, 0.4) is 0 Å². The van der Waals surface area contributed by atoms with Gasteiger partial charge in [0.25, 0.3) is 0 Å². The maximum Gasteiger partial charge on any atom is 0.319 e. The number of amides is 2. The van der Waals surface area contributed by atoms with Crippen molar-refractivity contribution in [2.75, 3.05) is 11.9 Å². The third-order valence-electron chi connectivity index (χ3n) is 3.53. The van der Waals surface area contributed by atoms with Crippen molar-refractivity contribution in [3.63, 3.8) is 0 Å². The number of carbonyl (C=O) groups is 1. The zero-order chi connectivity index (χ0) is 17.0. The van der Waals surface area contributed by atoms with Gasteiger partial charge in [-0.15, -0.1) is 0 Å². The maximum absolute atomic E-state index is 11.9. The summed E-state index contributed by atoms with van der Waals surface area (Å²) >= 11 is 0.